The molecule has 1 aromatic carbocycles. The summed E-state index contributed by atoms with van der Waals surface area (Å²) in [5, 5.41) is 6.72. The number of rotatable bonds is 8. The number of carbonyl (C=O) groups excluding carboxylic acids is 1. The lowest BCUT2D eigenvalue weighted by Gasteiger charge is -2.08. The second kappa shape index (κ2) is 7.88. The Kier molecular flexibility index (Phi) is 5.57. The predicted molar refractivity (Wildman–Crippen MR) is 76.1 cm³/mol. The van der Waals surface area contributed by atoms with E-state index in [4.69, 9.17) is 9.47 Å². The van der Waals surface area contributed by atoms with Crippen molar-refractivity contribution in [2.75, 3.05) is 20.3 Å². The average Bonchev–Trinajstić information content (AvgIpc) is 3.03. The molecule has 7 heteroatoms. The molecule has 0 saturated heterocycles. The van der Waals surface area contributed by atoms with Crippen LogP contribution in [0.15, 0.2) is 36.9 Å². The van der Waals surface area contributed by atoms with Crippen LogP contribution in [-0.4, -0.2) is 40.9 Å². The zero-order valence-electron chi connectivity index (χ0n) is 11.9. The summed E-state index contributed by atoms with van der Waals surface area (Å²) >= 11 is 0. The maximum atomic E-state index is 11.6. The zero-order valence-corrected chi connectivity index (χ0v) is 11.9. The molecule has 0 atom stereocenters. The van der Waals surface area contributed by atoms with Crippen molar-refractivity contribution in [2.24, 2.45) is 0 Å². The molecule has 0 unspecified atom stereocenters. The van der Waals surface area contributed by atoms with Gasteiger partial charge in [0.2, 0.25) is 5.91 Å². The summed E-state index contributed by atoms with van der Waals surface area (Å²) in [5.74, 6) is 1.41. The summed E-state index contributed by atoms with van der Waals surface area (Å²) in [5.41, 5.74) is 0. The Balaban J connectivity index is 1.61. The summed E-state index contributed by atoms with van der Waals surface area (Å²) in [6.07, 6.45) is 3.39. The van der Waals surface area contributed by atoms with Gasteiger partial charge in [-0.05, 0) is 12.1 Å². The van der Waals surface area contributed by atoms with Crippen molar-refractivity contribution in [2.45, 2.75) is 13.0 Å². The topological polar surface area (TPSA) is 78.3 Å². The van der Waals surface area contributed by atoms with Crippen LogP contribution in [0.25, 0.3) is 0 Å². The van der Waals surface area contributed by atoms with Crippen molar-refractivity contribution in [3.8, 4) is 11.5 Å². The Morgan fingerprint density at radius 3 is 3.00 bits per heavy atom. The number of carbonyl (C=O) groups is 1. The van der Waals surface area contributed by atoms with Crippen LogP contribution < -0.4 is 14.8 Å². The first-order valence-electron chi connectivity index (χ1n) is 6.64. The number of aromatic nitrogens is 3. The second-order valence-electron chi connectivity index (χ2n) is 4.29. The van der Waals surface area contributed by atoms with E-state index in [1.807, 2.05) is 18.2 Å². The molecule has 0 radical (unpaired) electrons. The number of nitrogens with one attached hydrogen (secondary N) is 1. The Bertz CT molecular complexity index is 557. The molecule has 2 rings (SSSR count). The van der Waals surface area contributed by atoms with Crippen LogP contribution in [0, 0.1) is 0 Å². The van der Waals surface area contributed by atoms with Gasteiger partial charge in [0.1, 0.15) is 30.8 Å². The van der Waals surface area contributed by atoms with Crippen molar-refractivity contribution >= 4 is 5.91 Å². The third kappa shape index (κ3) is 5.13. The van der Waals surface area contributed by atoms with Gasteiger partial charge >= 0.3 is 0 Å². The summed E-state index contributed by atoms with van der Waals surface area (Å²) in [6, 6.07) is 7.34. The lowest BCUT2D eigenvalue weighted by Crippen LogP contribution is -2.28. The van der Waals surface area contributed by atoms with E-state index in [1.54, 1.807) is 24.2 Å². The largest absolute Gasteiger partial charge is 0.497 e. The van der Waals surface area contributed by atoms with Gasteiger partial charge in [0.05, 0.1) is 20.2 Å². The van der Waals surface area contributed by atoms with E-state index in [0.717, 1.165) is 5.75 Å². The van der Waals surface area contributed by atoms with Gasteiger partial charge in [0.15, 0.2) is 0 Å². The fourth-order valence-electron chi connectivity index (χ4n) is 1.70. The van der Waals surface area contributed by atoms with E-state index in [2.05, 4.69) is 15.4 Å². The summed E-state index contributed by atoms with van der Waals surface area (Å²) in [6.45, 7) is 1.37. The van der Waals surface area contributed by atoms with Crippen molar-refractivity contribution < 1.29 is 14.3 Å². The zero-order chi connectivity index (χ0) is 14.9. The highest BCUT2D eigenvalue weighted by atomic mass is 16.5. The standard InChI is InChI=1S/C14H18N4O3/c1-20-12-3-2-4-13(9-12)21-8-6-16-14(19)5-7-18-11-15-10-17-18/h2-4,9-11H,5-8H2,1H3,(H,16,19). The average molecular weight is 290 g/mol. The molecule has 0 saturated carbocycles. The van der Waals surface area contributed by atoms with Crippen LogP contribution >= 0.6 is 0 Å². The number of nitrogens with zero attached hydrogens (tertiary/aromatic N) is 3. The van der Waals surface area contributed by atoms with Crippen molar-refractivity contribution in [3.63, 3.8) is 0 Å². The smallest absolute Gasteiger partial charge is 0.221 e. The predicted octanol–water partition coefficient (Wildman–Crippen LogP) is 0.872. The highest BCUT2D eigenvalue weighted by Crippen LogP contribution is 2.18. The van der Waals surface area contributed by atoms with Crippen molar-refractivity contribution in [3.05, 3.63) is 36.9 Å². The van der Waals surface area contributed by atoms with Crippen LogP contribution in [0.4, 0.5) is 0 Å². The lowest BCUT2D eigenvalue weighted by molar-refractivity contribution is -0.121. The van der Waals surface area contributed by atoms with E-state index in [9.17, 15) is 4.79 Å². The number of benzene rings is 1. The van der Waals surface area contributed by atoms with E-state index >= 15 is 0 Å². The summed E-state index contributed by atoms with van der Waals surface area (Å²) < 4.78 is 12.2. The first-order valence-corrected chi connectivity index (χ1v) is 6.64. The number of hydrogen-bond acceptors (Lipinski definition) is 5. The molecular weight excluding hydrogens is 272 g/mol. The Labute approximate surface area is 122 Å². The number of hydrogen-bond donors (Lipinski definition) is 1. The minimum absolute atomic E-state index is 0.0419. The van der Waals surface area contributed by atoms with E-state index in [-0.39, 0.29) is 5.91 Å². The maximum absolute atomic E-state index is 11.6. The summed E-state index contributed by atoms with van der Waals surface area (Å²) in [7, 11) is 1.61. The number of methoxy groups -OCH3 is 1. The van der Waals surface area contributed by atoms with Crippen molar-refractivity contribution in [1.29, 1.82) is 0 Å². The van der Waals surface area contributed by atoms with Gasteiger partial charge in [-0.2, -0.15) is 5.10 Å². The van der Waals surface area contributed by atoms with E-state index in [1.165, 1.54) is 6.33 Å². The second-order valence-corrected chi connectivity index (χ2v) is 4.29. The molecule has 0 fully saturated rings. The van der Waals surface area contributed by atoms with E-state index in [0.29, 0.717) is 31.9 Å². The van der Waals surface area contributed by atoms with Gasteiger partial charge in [-0.25, -0.2) is 4.98 Å². The van der Waals surface area contributed by atoms with Crippen LogP contribution in [0.5, 0.6) is 11.5 Å². The fourth-order valence-corrected chi connectivity index (χ4v) is 1.70. The molecule has 112 valence electrons. The molecule has 1 amide bonds. The van der Waals surface area contributed by atoms with Gasteiger partial charge in [-0.15, -0.1) is 0 Å². The van der Waals surface area contributed by atoms with Crippen LogP contribution in [0.3, 0.4) is 0 Å². The van der Waals surface area contributed by atoms with Crippen LogP contribution in [-0.2, 0) is 11.3 Å². The van der Waals surface area contributed by atoms with Crippen LogP contribution in [0.1, 0.15) is 6.42 Å². The third-order valence-corrected chi connectivity index (χ3v) is 2.77. The van der Waals surface area contributed by atoms with Gasteiger partial charge in [0, 0.05) is 12.5 Å². The highest BCUT2D eigenvalue weighted by Gasteiger charge is 2.02. The van der Waals surface area contributed by atoms with Gasteiger partial charge in [-0.3, -0.25) is 9.48 Å². The Morgan fingerprint density at radius 1 is 1.38 bits per heavy atom. The fraction of sp³-hybridized carbons (Fsp3) is 0.357. The molecule has 0 aliphatic heterocycles. The summed E-state index contributed by atoms with van der Waals surface area (Å²) in [4.78, 5) is 15.4. The molecule has 0 aliphatic carbocycles. The van der Waals surface area contributed by atoms with Crippen LogP contribution in [0.2, 0.25) is 0 Å². The molecular formula is C14H18N4O3. The molecule has 1 heterocycles. The number of ether oxygens (including phenoxy) is 2. The molecule has 0 spiro atoms. The highest BCUT2D eigenvalue weighted by molar-refractivity contribution is 5.75. The van der Waals surface area contributed by atoms with Gasteiger partial charge in [-0.1, -0.05) is 6.07 Å². The van der Waals surface area contributed by atoms with Gasteiger partial charge < -0.3 is 14.8 Å². The Hall–Kier alpha value is -2.57. The lowest BCUT2D eigenvalue weighted by atomic mass is 10.3. The first-order chi connectivity index (χ1) is 10.3. The molecule has 1 aromatic heterocycles. The number of aryl methyl sites for hydroxylation is 1. The molecule has 0 aliphatic rings. The third-order valence-electron chi connectivity index (χ3n) is 2.77. The quantitative estimate of drug-likeness (QED) is 0.730. The molecule has 21 heavy (non-hydrogen) atoms. The number of amides is 1. The van der Waals surface area contributed by atoms with Crippen molar-refractivity contribution in [1.82, 2.24) is 20.1 Å². The molecule has 2 aromatic rings. The van der Waals surface area contributed by atoms with Gasteiger partial charge in [0.25, 0.3) is 0 Å². The molecule has 7 nitrogen and oxygen atoms in total. The maximum Gasteiger partial charge on any atom is 0.221 e. The minimum atomic E-state index is -0.0419. The minimum Gasteiger partial charge on any atom is -0.497 e. The molecule has 1 N–H and O–H groups in total. The normalized spacial score (nSPS) is 10.1. The SMILES string of the molecule is COc1cccc(OCCNC(=O)CCn2cncn2)c1. The first kappa shape index (κ1) is 14.8. The monoisotopic (exact) mass is 290 g/mol. The van der Waals surface area contributed by atoms with E-state index < -0.39 is 0 Å². The molecule has 0 bridgehead atoms. The Morgan fingerprint density at radius 2 is 2.24 bits per heavy atom.